The molecular formula is C22H23N3O4. The molecule has 1 aliphatic heterocycles. The molecule has 7 nitrogen and oxygen atoms in total. The predicted molar refractivity (Wildman–Crippen MR) is 110 cm³/mol. The summed E-state index contributed by atoms with van der Waals surface area (Å²) in [6.07, 6.45) is 0.691. The van der Waals surface area contributed by atoms with Crippen LogP contribution >= 0.6 is 0 Å². The zero-order valence-corrected chi connectivity index (χ0v) is 16.2. The minimum atomic E-state index is -1.24. The minimum absolute atomic E-state index is 0.0695. The molecule has 0 saturated heterocycles. The Morgan fingerprint density at radius 3 is 2.28 bits per heavy atom. The second-order valence-corrected chi connectivity index (χ2v) is 6.88. The Morgan fingerprint density at radius 2 is 1.69 bits per heavy atom. The Bertz CT molecular complexity index is 928. The lowest BCUT2D eigenvalue weighted by atomic mass is 9.78. The highest BCUT2D eigenvalue weighted by atomic mass is 16.4. The summed E-state index contributed by atoms with van der Waals surface area (Å²) in [6, 6.07) is 17.7. The number of rotatable bonds is 7. The van der Waals surface area contributed by atoms with Crippen LogP contribution < -0.4 is 10.3 Å². The van der Waals surface area contributed by atoms with Crippen molar-refractivity contribution in [3.8, 4) is 0 Å². The van der Waals surface area contributed by atoms with Crippen LogP contribution in [0.1, 0.15) is 31.7 Å². The molecule has 1 atom stereocenters. The summed E-state index contributed by atoms with van der Waals surface area (Å²) in [6.45, 7) is 1.71. The standard InChI is InChI=1S/C22H23N3O4/c1-2-22(21(28)29,16-9-5-3-6-10-16)15-23-20(27)18-13-14-19(26)25(24-18)17-11-7-4-8-12-17/h3-12H,2,13-15H2,1H3,(H,23,27)(H,28,29). The number of para-hydroxylation sites is 1. The number of nitrogens with one attached hydrogen (secondary N) is 1. The van der Waals surface area contributed by atoms with Crippen molar-refractivity contribution in [2.24, 2.45) is 5.10 Å². The van der Waals surface area contributed by atoms with Crippen molar-refractivity contribution < 1.29 is 19.5 Å². The number of amides is 2. The SMILES string of the molecule is CCC(CNC(=O)C1=NN(c2ccccc2)C(=O)CC1)(C(=O)O)c1ccccc1. The fourth-order valence-electron chi connectivity index (χ4n) is 3.36. The molecule has 29 heavy (non-hydrogen) atoms. The van der Waals surface area contributed by atoms with Crippen molar-refractivity contribution in [3.63, 3.8) is 0 Å². The summed E-state index contributed by atoms with van der Waals surface area (Å²) in [4.78, 5) is 37.0. The van der Waals surface area contributed by atoms with E-state index in [1.165, 1.54) is 5.01 Å². The van der Waals surface area contributed by atoms with E-state index in [1.807, 2.05) is 12.1 Å². The van der Waals surface area contributed by atoms with Crippen LogP contribution in [0.4, 0.5) is 5.69 Å². The van der Waals surface area contributed by atoms with Crippen molar-refractivity contribution in [2.45, 2.75) is 31.6 Å². The molecular weight excluding hydrogens is 370 g/mol. The number of aliphatic carboxylic acids is 1. The highest BCUT2D eigenvalue weighted by Crippen LogP contribution is 2.28. The van der Waals surface area contributed by atoms with Gasteiger partial charge in [0.25, 0.3) is 5.91 Å². The number of benzene rings is 2. The number of carboxylic acid groups (broad SMARTS) is 1. The number of carboxylic acids is 1. The number of carbonyl (C=O) groups is 3. The molecule has 0 radical (unpaired) electrons. The minimum Gasteiger partial charge on any atom is -0.481 e. The van der Waals surface area contributed by atoms with Gasteiger partial charge < -0.3 is 10.4 Å². The van der Waals surface area contributed by atoms with Gasteiger partial charge in [0.05, 0.1) is 5.69 Å². The first-order chi connectivity index (χ1) is 14.0. The zero-order chi connectivity index (χ0) is 20.9. The summed E-state index contributed by atoms with van der Waals surface area (Å²) >= 11 is 0. The van der Waals surface area contributed by atoms with Crippen LogP contribution in [0.2, 0.25) is 0 Å². The van der Waals surface area contributed by atoms with Gasteiger partial charge in [0.2, 0.25) is 5.91 Å². The molecule has 2 N–H and O–H groups in total. The van der Waals surface area contributed by atoms with Crippen molar-refractivity contribution in [2.75, 3.05) is 11.6 Å². The summed E-state index contributed by atoms with van der Waals surface area (Å²) in [5.41, 5.74) is 0.181. The highest BCUT2D eigenvalue weighted by Gasteiger charge is 2.39. The van der Waals surface area contributed by atoms with E-state index in [0.29, 0.717) is 17.7 Å². The van der Waals surface area contributed by atoms with Gasteiger partial charge in [-0.3, -0.25) is 14.4 Å². The molecule has 0 aliphatic carbocycles. The Hall–Kier alpha value is -3.48. The molecule has 0 saturated carbocycles. The fourth-order valence-corrected chi connectivity index (χ4v) is 3.36. The predicted octanol–water partition coefficient (Wildman–Crippen LogP) is 2.72. The lowest BCUT2D eigenvalue weighted by Gasteiger charge is -2.29. The van der Waals surface area contributed by atoms with E-state index >= 15 is 0 Å². The first-order valence-corrected chi connectivity index (χ1v) is 9.50. The summed E-state index contributed by atoms with van der Waals surface area (Å²) in [5.74, 6) is -1.66. The molecule has 2 amide bonds. The van der Waals surface area contributed by atoms with E-state index in [0.717, 1.165) is 0 Å². The van der Waals surface area contributed by atoms with Crippen LogP contribution in [-0.2, 0) is 19.8 Å². The monoisotopic (exact) mass is 393 g/mol. The van der Waals surface area contributed by atoms with Gasteiger partial charge in [-0.05, 0) is 24.1 Å². The average Bonchev–Trinajstić information content (AvgIpc) is 2.76. The third-order valence-electron chi connectivity index (χ3n) is 5.19. The fraction of sp³-hybridized carbons (Fsp3) is 0.273. The van der Waals surface area contributed by atoms with Gasteiger partial charge in [0.1, 0.15) is 11.1 Å². The van der Waals surface area contributed by atoms with Crippen LogP contribution in [0.5, 0.6) is 0 Å². The van der Waals surface area contributed by atoms with Gasteiger partial charge in [0.15, 0.2) is 0 Å². The Labute approximate surface area is 169 Å². The smallest absolute Gasteiger partial charge is 0.315 e. The number of hydrogen-bond acceptors (Lipinski definition) is 4. The molecule has 0 aromatic heterocycles. The lowest BCUT2D eigenvalue weighted by Crippen LogP contribution is -2.48. The molecule has 3 rings (SSSR count). The van der Waals surface area contributed by atoms with Gasteiger partial charge >= 0.3 is 5.97 Å². The second-order valence-electron chi connectivity index (χ2n) is 6.88. The summed E-state index contributed by atoms with van der Waals surface area (Å²) < 4.78 is 0. The molecule has 7 heteroatoms. The molecule has 0 spiro atoms. The second kappa shape index (κ2) is 8.68. The van der Waals surface area contributed by atoms with E-state index < -0.39 is 17.3 Å². The molecule has 2 aromatic carbocycles. The van der Waals surface area contributed by atoms with E-state index in [-0.39, 0.29) is 31.0 Å². The first kappa shape index (κ1) is 20.3. The Morgan fingerprint density at radius 1 is 1.07 bits per heavy atom. The van der Waals surface area contributed by atoms with Gasteiger partial charge in [-0.1, -0.05) is 55.5 Å². The first-order valence-electron chi connectivity index (χ1n) is 9.50. The van der Waals surface area contributed by atoms with Crippen molar-refractivity contribution >= 4 is 29.2 Å². The van der Waals surface area contributed by atoms with E-state index in [1.54, 1.807) is 55.5 Å². The van der Waals surface area contributed by atoms with Crippen LogP contribution in [-0.4, -0.2) is 35.1 Å². The number of hydrogen-bond donors (Lipinski definition) is 2. The normalized spacial score (nSPS) is 16.0. The Kier molecular flexibility index (Phi) is 6.07. The average molecular weight is 393 g/mol. The van der Waals surface area contributed by atoms with E-state index in [2.05, 4.69) is 10.4 Å². The van der Waals surface area contributed by atoms with E-state index in [4.69, 9.17) is 0 Å². The highest BCUT2D eigenvalue weighted by molar-refractivity contribution is 6.40. The maximum atomic E-state index is 12.7. The van der Waals surface area contributed by atoms with Crippen molar-refractivity contribution in [1.29, 1.82) is 0 Å². The van der Waals surface area contributed by atoms with Crippen molar-refractivity contribution in [3.05, 3.63) is 66.2 Å². The van der Waals surface area contributed by atoms with Crippen LogP contribution in [0.25, 0.3) is 0 Å². The number of nitrogens with zero attached hydrogens (tertiary/aromatic N) is 2. The topological polar surface area (TPSA) is 99.1 Å². The number of carbonyl (C=O) groups excluding carboxylic acids is 2. The van der Waals surface area contributed by atoms with Gasteiger partial charge in [-0.25, -0.2) is 5.01 Å². The maximum Gasteiger partial charge on any atom is 0.315 e. The molecule has 150 valence electrons. The van der Waals surface area contributed by atoms with Crippen LogP contribution in [0.3, 0.4) is 0 Å². The number of hydrazone groups is 1. The van der Waals surface area contributed by atoms with Crippen LogP contribution in [0.15, 0.2) is 65.8 Å². The Balaban J connectivity index is 1.80. The van der Waals surface area contributed by atoms with Crippen LogP contribution in [0, 0.1) is 0 Å². The largest absolute Gasteiger partial charge is 0.481 e. The van der Waals surface area contributed by atoms with E-state index in [9.17, 15) is 19.5 Å². The molecule has 0 fully saturated rings. The quantitative estimate of drug-likeness (QED) is 0.755. The maximum absolute atomic E-state index is 12.7. The molecule has 1 aliphatic rings. The summed E-state index contributed by atoms with van der Waals surface area (Å²) in [7, 11) is 0. The molecule has 1 unspecified atom stereocenters. The van der Waals surface area contributed by atoms with Gasteiger partial charge in [-0.2, -0.15) is 5.10 Å². The number of anilines is 1. The third-order valence-corrected chi connectivity index (χ3v) is 5.19. The third kappa shape index (κ3) is 4.18. The molecule has 0 bridgehead atoms. The van der Waals surface area contributed by atoms with Gasteiger partial charge in [0, 0.05) is 19.4 Å². The lowest BCUT2D eigenvalue weighted by molar-refractivity contribution is -0.144. The molecule has 2 aromatic rings. The van der Waals surface area contributed by atoms with Crippen molar-refractivity contribution in [1.82, 2.24) is 5.32 Å². The van der Waals surface area contributed by atoms with Gasteiger partial charge in [-0.15, -0.1) is 0 Å². The summed E-state index contributed by atoms with van der Waals surface area (Å²) in [5, 5.41) is 18.1. The zero-order valence-electron chi connectivity index (χ0n) is 16.2. The molecule has 1 heterocycles.